The molecule has 0 bridgehead atoms. The summed E-state index contributed by atoms with van der Waals surface area (Å²) in [7, 11) is 0. The SMILES string of the molecule is O=C(c1cn2ccnc2c(F)c1Nc1ccc(Br)cc1F)N1CC(O)([C@@H]2CCCCN2)C1. The van der Waals surface area contributed by atoms with Gasteiger partial charge in [-0.2, -0.15) is 0 Å². The molecule has 2 fully saturated rings. The number of hydrogen-bond acceptors (Lipinski definition) is 5. The number of nitrogens with one attached hydrogen (secondary N) is 2. The summed E-state index contributed by atoms with van der Waals surface area (Å²) in [6, 6.07) is 4.26. The summed E-state index contributed by atoms with van der Waals surface area (Å²) in [6.07, 6.45) is 7.39. The fourth-order valence-electron chi connectivity index (χ4n) is 4.49. The first kappa shape index (κ1) is 21.3. The van der Waals surface area contributed by atoms with Gasteiger partial charge in [0.15, 0.2) is 11.5 Å². The molecule has 32 heavy (non-hydrogen) atoms. The van der Waals surface area contributed by atoms with Gasteiger partial charge < -0.3 is 25.0 Å². The number of carbonyl (C=O) groups excluding carboxylic acids is 1. The summed E-state index contributed by atoms with van der Waals surface area (Å²) in [4.78, 5) is 18.8. The molecular weight excluding hydrogens is 484 g/mol. The molecule has 1 atom stereocenters. The van der Waals surface area contributed by atoms with Crippen LogP contribution in [0.25, 0.3) is 5.65 Å². The summed E-state index contributed by atoms with van der Waals surface area (Å²) in [5, 5.41) is 17.0. The van der Waals surface area contributed by atoms with E-state index in [-0.39, 0.29) is 41.7 Å². The number of piperidine rings is 1. The van der Waals surface area contributed by atoms with Gasteiger partial charge in [0.25, 0.3) is 5.91 Å². The Bertz CT molecular complexity index is 1190. The van der Waals surface area contributed by atoms with Crippen molar-refractivity contribution in [3.63, 3.8) is 0 Å². The Hall–Kier alpha value is -2.56. The molecule has 0 unspecified atom stereocenters. The van der Waals surface area contributed by atoms with Crippen molar-refractivity contribution in [2.45, 2.75) is 30.9 Å². The van der Waals surface area contributed by atoms with Crippen molar-refractivity contribution in [3.05, 3.63) is 58.5 Å². The molecule has 1 amide bonds. The summed E-state index contributed by atoms with van der Waals surface area (Å²) < 4.78 is 31.7. The molecule has 10 heteroatoms. The quantitative estimate of drug-likeness (QED) is 0.505. The lowest BCUT2D eigenvalue weighted by Crippen LogP contribution is -2.72. The second-order valence-electron chi connectivity index (χ2n) is 8.41. The lowest BCUT2D eigenvalue weighted by Gasteiger charge is -2.51. The number of aromatic nitrogens is 2. The van der Waals surface area contributed by atoms with Gasteiger partial charge in [0.05, 0.1) is 30.0 Å². The van der Waals surface area contributed by atoms with Crippen LogP contribution in [0.4, 0.5) is 20.2 Å². The van der Waals surface area contributed by atoms with Gasteiger partial charge in [-0.3, -0.25) is 4.79 Å². The smallest absolute Gasteiger partial charge is 0.257 e. The Kier molecular flexibility index (Phi) is 5.39. The van der Waals surface area contributed by atoms with Crippen LogP contribution in [0.3, 0.4) is 0 Å². The second kappa shape index (κ2) is 8.09. The zero-order valence-corrected chi connectivity index (χ0v) is 18.7. The third-order valence-electron chi connectivity index (χ3n) is 6.22. The Labute approximate surface area is 191 Å². The van der Waals surface area contributed by atoms with E-state index in [4.69, 9.17) is 0 Å². The van der Waals surface area contributed by atoms with Crippen LogP contribution >= 0.6 is 15.9 Å². The van der Waals surface area contributed by atoms with E-state index >= 15 is 4.39 Å². The van der Waals surface area contributed by atoms with Crippen LogP contribution < -0.4 is 10.6 Å². The van der Waals surface area contributed by atoms with Gasteiger partial charge in [-0.15, -0.1) is 0 Å². The molecule has 2 aliphatic heterocycles. The predicted octanol–water partition coefficient (Wildman–Crippen LogP) is 3.45. The average Bonchev–Trinajstić information content (AvgIpc) is 3.24. The molecule has 0 spiro atoms. The summed E-state index contributed by atoms with van der Waals surface area (Å²) in [6.45, 7) is 1.15. The van der Waals surface area contributed by atoms with E-state index in [9.17, 15) is 14.3 Å². The van der Waals surface area contributed by atoms with Gasteiger partial charge >= 0.3 is 0 Å². The Morgan fingerprint density at radius 1 is 1.31 bits per heavy atom. The van der Waals surface area contributed by atoms with Crippen molar-refractivity contribution in [1.82, 2.24) is 19.6 Å². The highest BCUT2D eigenvalue weighted by molar-refractivity contribution is 9.10. The minimum atomic E-state index is -1.00. The Morgan fingerprint density at radius 2 is 2.12 bits per heavy atom. The molecule has 7 nitrogen and oxygen atoms in total. The molecule has 2 aliphatic rings. The van der Waals surface area contributed by atoms with Crippen LogP contribution in [0.15, 0.2) is 41.3 Å². The number of nitrogens with zero attached hydrogens (tertiary/aromatic N) is 3. The number of aliphatic hydroxyl groups is 1. The summed E-state index contributed by atoms with van der Waals surface area (Å²) in [5.41, 5.74) is -1.06. The maximum atomic E-state index is 15.3. The van der Waals surface area contributed by atoms with Crippen LogP contribution in [0.5, 0.6) is 0 Å². The predicted molar refractivity (Wildman–Crippen MR) is 119 cm³/mol. The molecule has 4 heterocycles. The van der Waals surface area contributed by atoms with Gasteiger partial charge in [0, 0.05) is 29.1 Å². The molecule has 168 valence electrons. The topological polar surface area (TPSA) is 81.9 Å². The third kappa shape index (κ3) is 3.66. The van der Waals surface area contributed by atoms with Crippen molar-refractivity contribution in [2.75, 3.05) is 25.0 Å². The molecule has 2 aromatic heterocycles. The number of fused-ring (bicyclic) bond motifs is 1. The van der Waals surface area contributed by atoms with Crippen LogP contribution in [0, 0.1) is 11.6 Å². The van der Waals surface area contributed by atoms with Crippen molar-refractivity contribution < 1.29 is 18.7 Å². The number of benzene rings is 1. The van der Waals surface area contributed by atoms with Crippen molar-refractivity contribution >= 4 is 38.9 Å². The highest BCUT2D eigenvalue weighted by Gasteiger charge is 2.49. The monoisotopic (exact) mass is 505 g/mol. The molecule has 0 saturated carbocycles. The van der Waals surface area contributed by atoms with Gasteiger partial charge in [-0.1, -0.05) is 22.4 Å². The van der Waals surface area contributed by atoms with Crippen LogP contribution in [0.1, 0.15) is 29.6 Å². The van der Waals surface area contributed by atoms with Crippen LogP contribution in [-0.2, 0) is 0 Å². The van der Waals surface area contributed by atoms with E-state index in [1.165, 1.54) is 40.0 Å². The first-order valence-corrected chi connectivity index (χ1v) is 11.3. The number of likely N-dealkylation sites (tertiary alicyclic amines) is 1. The lowest BCUT2D eigenvalue weighted by atomic mass is 9.81. The van der Waals surface area contributed by atoms with E-state index in [0.29, 0.717) is 4.47 Å². The van der Waals surface area contributed by atoms with Crippen LogP contribution in [0.2, 0.25) is 0 Å². The molecular formula is C22H22BrF2N5O2. The molecule has 5 rings (SSSR count). The molecule has 0 aliphatic carbocycles. The van der Waals surface area contributed by atoms with E-state index in [2.05, 4.69) is 31.5 Å². The van der Waals surface area contributed by atoms with Crippen molar-refractivity contribution in [1.29, 1.82) is 0 Å². The first-order valence-electron chi connectivity index (χ1n) is 10.5. The minimum Gasteiger partial charge on any atom is -0.385 e. The van der Waals surface area contributed by atoms with Gasteiger partial charge in [-0.25, -0.2) is 13.8 Å². The maximum Gasteiger partial charge on any atom is 0.257 e. The Balaban J connectivity index is 1.46. The molecule has 2 saturated heterocycles. The zero-order valence-electron chi connectivity index (χ0n) is 17.1. The van der Waals surface area contributed by atoms with Crippen molar-refractivity contribution in [3.8, 4) is 0 Å². The van der Waals surface area contributed by atoms with Gasteiger partial charge in [0.2, 0.25) is 0 Å². The van der Waals surface area contributed by atoms with E-state index in [1.807, 2.05) is 0 Å². The normalized spacial score (nSPS) is 20.2. The van der Waals surface area contributed by atoms with E-state index in [0.717, 1.165) is 25.8 Å². The summed E-state index contributed by atoms with van der Waals surface area (Å²) >= 11 is 3.20. The average molecular weight is 506 g/mol. The fraction of sp³-hybridized carbons (Fsp3) is 0.364. The first-order chi connectivity index (χ1) is 15.4. The number of rotatable bonds is 4. The van der Waals surface area contributed by atoms with E-state index in [1.54, 1.807) is 6.07 Å². The number of β-amino-alcohol motifs (C(OH)–C–C–N with tert-alkyl or cyclic N) is 1. The molecule has 1 aromatic carbocycles. The number of amides is 1. The Morgan fingerprint density at radius 3 is 2.84 bits per heavy atom. The second-order valence-corrected chi connectivity index (χ2v) is 9.32. The molecule has 0 radical (unpaired) electrons. The third-order valence-corrected chi connectivity index (χ3v) is 6.71. The zero-order chi connectivity index (χ0) is 22.5. The minimum absolute atomic E-state index is 0.0214. The number of halogens is 3. The van der Waals surface area contributed by atoms with Crippen molar-refractivity contribution in [2.24, 2.45) is 0 Å². The highest BCUT2D eigenvalue weighted by atomic mass is 79.9. The lowest BCUT2D eigenvalue weighted by molar-refractivity contribution is -0.108. The number of carbonyl (C=O) groups is 1. The molecule has 3 N–H and O–H groups in total. The van der Waals surface area contributed by atoms with Gasteiger partial charge in [-0.05, 0) is 37.6 Å². The standard InChI is InChI=1S/C22H22BrF2N5O2/c23-13-4-5-16(15(24)9-13)28-19-14(10-29-8-7-27-20(29)18(19)25)21(31)30-11-22(32,12-30)17-3-1-2-6-26-17/h4-5,7-10,17,26,28,32H,1-3,6,11-12H2/t17-/m0/s1. The fourth-order valence-corrected chi connectivity index (χ4v) is 4.82. The van der Waals surface area contributed by atoms with Gasteiger partial charge in [0.1, 0.15) is 11.4 Å². The van der Waals surface area contributed by atoms with Crippen LogP contribution in [-0.4, -0.2) is 56.6 Å². The largest absolute Gasteiger partial charge is 0.385 e. The number of hydrogen-bond donors (Lipinski definition) is 3. The number of pyridine rings is 1. The summed E-state index contributed by atoms with van der Waals surface area (Å²) in [5.74, 6) is -1.80. The number of anilines is 2. The maximum absolute atomic E-state index is 15.3. The number of imidazole rings is 1. The van der Waals surface area contributed by atoms with E-state index < -0.39 is 23.1 Å². The highest BCUT2D eigenvalue weighted by Crippen LogP contribution is 2.34. The molecule has 3 aromatic rings.